The average molecular weight is 321 g/mol. The molecule has 0 spiro atoms. The summed E-state index contributed by atoms with van der Waals surface area (Å²) in [4.78, 5) is 0. The van der Waals surface area contributed by atoms with Gasteiger partial charge in [-0.15, -0.1) is 6.58 Å². The first kappa shape index (κ1) is 16.2. The summed E-state index contributed by atoms with van der Waals surface area (Å²) in [6, 6.07) is 0. The topological polar surface area (TPSA) is 0 Å². The second-order valence-electron chi connectivity index (χ2n) is 8.72. The Labute approximate surface area is 148 Å². The summed E-state index contributed by atoms with van der Waals surface area (Å²) in [5.41, 5.74) is 0.443. The van der Waals surface area contributed by atoms with Crippen LogP contribution in [0.1, 0.15) is 45.4 Å². The quantitative estimate of drug-likeness (QED) is 0.507. The van der Waals surface area contributed by atoms with Crippen LogP contribution in [0.3, 0.4) is 0 Å². The first-order valence-corrected chi connectivity index (χ1v) is 10.0. The van der Waals surface area contributed by atoms with Gasteiger partial charge in [0.1, 0.15) is 0 Å². The van der Waals surface area contributed by atoms with Gasteiger partial charge < -0.3 is 0 Å². The van der Waals surface area contributed by atoms with Gasteiger partial charge in [-0.3, -0.25) is 0 Å². The molecule has 0 aromatic carbocycles. The highest BCUT2D eigenvalue weighted by molar-refractivity contribution is 5.22. The van der Waals surface area contributed by atoms with Crippen molar-refractivity contribution in [2.24, 2.45) is 40.9 Å². The van der Waals surface area contributed by atoms with Crippen LogP contribution in [-0.2, 0) is 0 Å². The summed E-state index contributed by atoms with van der Waals surface area (Å²) in [5.74, 6) is 4.81. The molecule has 0 aromatic heterocycles. The van der Waals surface area contributed by atoms with E-state index in [-0.39, 0.29) is 0 Å². The molecule has 0 saturated heterocycles. The lowest BCUT2D eigenvalue weighted by atomic mass is 9.58. The highest BCUT2D eigenvalue weighted by Gasteiger charge is 2.52. The maximum atomic E-state index is 4.03. The molecule has 0 aliphatic heterocycles. The monoisotopic (exact) mass is 320 g/mol. The fourth-order valence-electron chi connectivity index (χ4n) is 6.51. The maximum absolute atomic E-state index is 4.03. The molecular weight excluding hydrogens is 288 g/mol. The van der Waals surface area contributed by atoms with Crippen molar-refractivity contribution < 1.29 is 0 Å². The van der Waals surface area contributed by atoms with Gasteiger partial charge in [0.2, 0.25) is 0 Å². The molecule has 6 atom stereocenters. The van der Waals surface area contributed by atoms with Crippen LogP contribution in [0.25, 0.3) is 0 Å². The van der Waals surface area contributed by atoms with E-state index in [1.165, 1.54) is 32.1 Å². The van der Waals surface area contributed by atoms with Crippen molar-refractivity contribution in [1.29, 1.82) is 0 Å². The SMILES string of the molecule is C=CCCC(C)(C1CCC2C=CC=CC21)C1CCC2C=CC=CC21. The van der Waals surface area contributed by atoms with Crippen LogP contribution in [0.5, 0.6) is 0 Å². The zero-order valence-corrected chi connectivity index (χ0v) is 15.1. The van der Waals surface area contributed by atoms with E-state index in [4.69, 9.17) is 0 Å². The van der Waals surface area contributed by atoms with Crippen molar-refractivity contribution in [2.75, 3.05) is 0 Å². The highest BCUT2D eigenvalue weighted by atomic mass is 14.6. The second-order valence-corrected chi connectivity index (χ2v) is 8.72. The molecule has 0 radical (unpaired) electrons. The van der Waals surface area contributed by atoms with Gasteiger partial charge in [-0.25, -0.2) is 0 Å². The average Bonchev–Trinajstić information content (AvgIpc) is 3.24. The standard InChI is InChI=1S/C24H32/c1-3-4-17-24(2,22-15-13-18-9-5-7-11-20(18)22)23-16-14-19-10-6-8-12-21(19)23/h3,5-12,18-23H,1,4,13-17H2,2H3. The number of allylic oxidation sites excluding steroid dienone is 9. The van der Waals surface area contributed by atoms with Crippen molar-refractivity contribution >= 4 is 0 Å². The molecule has 0 amide bonds. The first-order chi connectivity index (χ1) is 11.7. The first-order valence-electron chi connectivity index (χ1n) is 10.0. The zero-order chi connectivity index (χ0) is 16.6. The molecular formula is C24H32. The molecule has 6 unspecified atom stereocenters. The van der Waals surface area contributed by atoms with Crippen LogP contribution in [0.4, 0.5) is 0 Å². The van der Waals surface area contributed by atoms with E-state index in [9.17, 15) is 0 Å². The van der Waals surface area contributed by atoms with Gasteiger partial charge in [-0.1, -0.05) is 61.6 Å². The Kier molecular flexibility index (Phi) is 4.41. The minimum atomic E-state index is 0.443. The summed E-state index contributed by atoms with van der Waals surface area (Å²) in [6.07, 6.45) is 29.3. The lowest BCUT2D eigenvalue weighted by molar-refractivity contribution is 0.0457. The molecule has 0 nitrogen and oxygen atoms in total. The molecule has 0 heterocycles. The minimum absolute atomic E-state index is 0.443. The molecule has 0 N–H and O–H groups in total. The molecule has 4 aliphatic carbocycles. The molecule has 0 aromatic rings. The van der Waals surface area contributed by atoms with Crippen molar-refractivity contribution in [3.05, 3.63) is 61.3 Å². The number of rotatable bonds is 5. The van der Waals surface area contributed by atoms with Crippen LogP contribution < -0.4 is 0 Å². The third-order valence-corrected chi connectivity index (χ3v) is 7.73. The predicted octanol–water partition coefficient (Wildman–Crippen LogP) is 6.50. The summed E-state index contributed by atoms with van der Waals surface area (Å²) in [7, 11) is 0. The van der Waals surface area contributed by atoms with Gasteiger partial charge in [0, 0.05) is 0 Å². The van der Waals surface area contributed by atoms with Gasteiger partial charge in [0.05, 0.1) is 0 Å². The van der Waals surface area contributed by atoms with Crippen molar-refractivity contribution in [3.8, 4) is 0 Å². The predicted molar refractivity (Wildman–Crippen MR) is 104 cm³/mol. The lowest BCUT2D eigenvalue weighted by Gasteiger charge is -2.46. The van der Waals surface area contributed by atoms with Crippen molar-refractivity contribution in [1.82, 2.24) is 0 Å². The normalized spacial score (nSPS) is 41.9. The van der Waals surface area contributed by atoms with E-state index in [1.54, 1.807) is 0 Å². The molecule has 0 bridgehead atoms. The molecule has 0 heteroatoms. The van der Waals surface area contributed by atoms with Crippen LogP contribution in [-0.4, -0.2) is 0 Å². The molecule has 128 valence electrons. The van der Waals surface area contributed by atoms with Crippen molar-refractivity contribution in [3.63, 3.8) is 0 Å². The van der Waals surface area contributed by atoms with Crippen LogP contribution in [0.15, 0.2) is 61.3 Å². The highest BCUT2D eigenvalue weighted by Crippen LogP contribution is 2.60. The number of hydrogen-bond acceptors (Lipinski definition) is 0. The van der Waals surface area contributed by atoms with E-state index < -0.39 is 0 Å². The van der Waals surface area contributed by atoms with E-state index in [0.29, 0.717) is 5.41 Å². The minimum Gasteiger partial charge on any atom is -0.103 e. The molecule has 4 rings (SSSR count). The summed E-state index contributed by atoms with van der Waals surface area (Å²) >= 11 is 0. The second kappa shape index (κ2) is 6.54. The third kappa shape index (κ3) is 2.59. The molecule has 24 heavy (non-hydrogen) atoms. The smallest absolute Gasteiger partial charge is 0.0134 e. The Morgan fingerprint density at radius 1 is 0.833 bits per heavy atom. The van der Waals surface area contributed by atoms with E-state index in [2.05, 4.69) is 68.2 Å². The molecule has 2 fully saturated rings. The van der Waals surface area contributed by atoms with Gasteiger partial charge in [-0.2, -0.15) is 0 Å². The fourth-order valence-corrected chi connectivity index (χ4v) is 6.51. The molecule has 2 saturated carbocycles. The van der Waals surface area contributed by atoms with E-state index in [1.807, 2.05) is 0 Å². The van der Waals surface area contributed by atoms with Crippen LogP contribution in [0, 0.1) is 40.9 Å². The van der Waals surface area contributed by atoms with Crippen LogP contribution >= 0.6 is 0 Å². The zero-order valence-electron chi connectivity index (χ0n) is 15.1. The number of fused-ring (bicyclic) bond motifs is 2. The molecule has 4 aliphatic rings. The van der Waals surface area contributed by atoms with Gasteiger partial charge in [0.15, 0.2) is 0 Å². The van der Waals surface area contributed by atoms with Gasteiger partial charge in [0.25, 0.3) is 0 Å². The van der Waals surface area contributed by atoms with Gasteiger partial charge in [-0.05, 0) is 79.4 Å². The fraction of sp³-hybridized carbons (Fsp3) is 0.583. The van der Waals surface area contributed by atoms with Crippen molar-refractivity contribution in [2.45, 2.75) is 45.4 Å². The Bertz CT molecular complexity index is 543. The largest absolute Gasteiger partial charge is 0.103 e. The Morgan fingerprint density at radius 2 is 1.33 bits per heavy atom. The summed E-state index contributed by atoms with van der Waals surface area (Å²) < 4.78 is 0. The van der Waals surface area contributed by atoms with E-state index in [0.717, 1.165) is 41.9 Å². The Morgan fingerprint density at radius 3 is 1.83 bits per heavy atom. The summed E-state index contributed by atoms with van der Waals surface area (Å²) in [6.45, 7) is 6.66. The van der Waals surface area contributed by atoms with E-state index >= 15 is 0 Å². The lowest BCUT2D eigenvalue weighted by Crippen LogP contribution is -2.40. The van der Waals surface area contributed by atoms with Crippen LogP contribution in [0.2, 0.25) is 0 Å². The summed E-state index contributed by atoms with van der Waals surface area (Å²) in [5, 5.41) is 0. The Hall–Kier alpha value is -1.30. The number of hydrogen-bond donors (Lipinski definition) is 0. The van der Waals surface area contributed by atoms with Gasteiger partial charge >= 0.3 is 0 Å². The third-order valence-electron chi connectivity index (χ3n) is 7.73. The maximum Gasteiger partial charge on any atom is -0.0134 e. The Balaban J connectivity index is 1.64.